The van der Waals surface area contributed by atoms with E-state index in [0.29, 0.717) is 11.6 Å². The molecule has 1 N–H and O–H groups in total. The van der Waals surface area contributed by atoms with Gasteiger partial charge < -0.3 is 5.32 Å². The number of hydrogen-bond acceptors (Lipinski definition) is 6. The van der Waals surface area contributed by atoms with Gasteiger partial charge >= 0.3 is 0 Å². The van der Waals surface area contributed by atoms with Crippen LogP contribution in [0.4, 0.5) is 0 Å². The van der Waals surface area contributed by atoms with Crippen molar-refractivity contribution in [3.63, 3.8) is 0 Å². The maximum absolute atomic E-state index is 12.9. The summed E-state index contributed by atoms with van der Waals surface area (Å²) in [6, 6.07) is 9.18. The number of rotatable bonds is 6. The maximum Gasteiger partial charge on any atom is 0.183 e. The Morgan fingerprint density at radius 3 is 2.52 bits per heavy atom. The lowest BCUT2D eigenvalue weighted by Gasteiger charge is -2.20. The molecule has 5 nitrogen and oxygen atoms in total. The minimum atomic E-state index is -3.76. The van der Waals surface area contributed by atoms with Gasteiger partial charge in [0.25, 0.3) is 0 Å². The van der Waals surface area contributed by atoms with Crippen LogP contribution < -0.4 is 5.32 Å². The van der Waals surface area contributed by atoms with E-state index >= 15 is 0 Å². The van der Waals surface area contributed by atoms with Crippen LogP contribution in [-0.2, 0) is 26.1 Å². The average molecular weight is 420 g/mol. The van der Waals surface area contributed by atoms with Gasteiger partial charge in [-0.1, -0.05) is 17.7 Å². The minimum Gasteiger partial charge on any atom is -0.311 e. The Morgan fingerprint density at radius 1 is 1.16 bits per heavy atom. The van der Waals surface area contributed by atoms with E-state index < -0.39 is 31.0 Å². The lowest BCUT2D eigenvalue weighted by Crippen LogP contribution is -2.44. The molecule has 0 spiro atoms. The van der Waals surface area contributed by atoms with Crippen LogP contribution in [0.15, 0.2) is 46.7 Å². The second kappa shape index (κ2) is 7.36. The second-order valence-electron chi connectivity index (χ2n) is 6.00. The highest BCUT2D eigenvalue weighted by Gasteiger charge is 2.45. The molecule has 1 fully saturated rings. The molecule has 1 aliphatic rings. The number of thiophene rings is 1. The topological polar surface area (TPSA) is 80.3 Å². The van der Waals surface area contributed by atoms with E-state index in [9.17, 15) is 16.8 Å². The lowest BCUT2D eigenvalue weighted by atomic mass is 10.2. The summed E-state index contributed by atoms with van der Waals surface area (Å²) in [7, 11) is -7.15. The van der Waals surface area contributed by atoms with Gasteiger partial charge in [-0.25, -0.2) is 16.8 Å². The Labute approximate surface area is 156 Å². The number of sulfone groups is 2. The summed E-state index contributed by atoms with van der Waals surface area (Å²) in [5.41, 5.74) is 0. The van der Waals surface area contributed by atoms with Gasteiger partial charge in [0.2, 0.25) is 0 Å². The Bertz CT molecular complexity index is 922. The molecule has 0 amide bonds. The van der Waals surface area contributed by atoms with E-state index in [1.807, 2.05) is 17.5 Å². The first kappa shape index (κ1) is 18.8. The molecule has 0 aliphatic carbocycles. The summed E-state index contributed by atoms with van der Waals surface area (Å²) in [6.07, 6.45) is 0.738. The van der Waals surface area contributed by atoms with Crippen molar-refractivity contribution >= 4 is 42.6 Å². The summed E-state index contributed by atoms with van der Waals surface area (Å²) in [5, 5.41) is 4.56. The molecule has 2 unspecified atom stereocenters. The van der Waals surface area contributed by atoms with E-state index in [-0.39, 0.29) is 16.4 Å². The van der Waals surface area contributed by atoms with Crippen molar-refractivity contribution in [2.24, 2.45) is 0 Å². The predicted octanol–water partition coefficient (Wildman–Crippen LogP) is 2.17. The van der Waals surface area contributed by atoms with Crippen molar-refractivity contribution < 1.29 is 16.8 Å². The Hall–Kier alpha value is -0.930. The molecule has 25 heavy (non-hydrogen) atoms. The molecule has 1 aromatic heterocycles. The van der Waals surface area contributed by atoms with E-state index in [4.69, 9.17) is 11.6 Å². The molecule has 136 valence electrons. The Balaban J connectivity index is 1.77. The van der Waals surface area contributed by atoms with Gasteiger partial charge in [0.05, 0.1) is 21.7 Å². The van der Waals surface area contributed by atoms with Crippen molar-refractivity contribution in [3.05, 3.63) is 51.7 Å². The largest absolute Gasteiger partial charge is 0.311 e. The highest BCUT2D eigenvalue weighted by Crippen LogP contribution is 2.27. The first-order chi connectivity index (χ1) is 11.8. The lowest BCUT2D eigenvalue weighted by molar-refractivity contribution is 0.529. The van der Waals surface area contributed by atoms with Gasteiger partial charge in [0.1, 0.15) is 0 Å². The maximum atomic E-state index is 12.9. The van der Waals surface area contributed by atoms with Crippen LogP contribution in [0, 0.1) is 0 Å². The van der Waals surface area contributed by atoms with Crippen LogP contribution in [0.25, 0.3) is 0 Å². The monoisotopic (exact) mass is 419 g/mol. The number of nitrogens with one attached hydrogen (secondary N) is 1. The van der Waals surface area contributed by atoms with Crippen LogP contribution in [0.2, 0.25) is 5.02 Å². The second-order valence-corrected chi connectivity index (χ2v) is 11.8. The highest BCUT2D eigenvalue weighted by atomic mass is 35.5. The number of hydrogen-bond donors (Lipinski definition) is 1. The molecule has 0 saturated carbocycles. The molecule has 1 saturated heterocycles. The minimum absolute atomic E-state index is 0.101. The third-order valence-corrected chi connectivity index (χ3v) is 9.55. The molecule has 3 rings (SSSR count). The highest BCUT2D eigenvalue weighted by molar-refractivity contribution is 7.96. The number of halogens is 1. The van der Waals surface area contributed by atoms with Crippen molar-refractivity contribution in [3.8, 4) is 0 Å². The van der Waals surface area contributed by atoms with Gasteiger partial charge in [-0.3, -0.25) is 0 Å². The zero-order chi connectivity index (χ0) is 18.1. The van der Waals surface area contributed by atoms with Gasteiger partial charge in [-0.05, 0) is 42.1 Å². The molecule has 1 aliphatic heterocycles. The van der Waals surface area contributed by atoms with Crippen LogP contribution in [0.3, 0.4) is 0 Å². The van der Waals surface area contributed by atoms with Crippen molar-refractivity contribution in [2.75, 3.05) is 18.1 Å². The molecular weight excluding hydrogens is 402 g/mol. The van der Waals surface area contributed by atoms with Crippen LogP contribution in [-0.4, -0.2) is 46.2 Å². The SMILES string of the molecule is O=S1(=O)CC(NCCc2cccs2)C(S(=O)(=O)c2ccc(Cl)cc2)C1. The summed E-state index contributed by atoms with van der Waals surface area (Å²) >= 11 is 7.43. The smallest absolute Gasteiger partial charge is 0.183 e. The third kappa shape index (κ3) is 4.43. The zero-order valence-corrected chi connectivity index (χ0v) is 16.5. The predicted molar refractivity (Wildman–Crippen MR) is 101 cm³/mol. The van der Waals surface area contributed by atoms with Crippen LogP contribution in [0.5, 0.6) is 0 Å². The first-order valence-corrected chi connectivity index (χ1v) is 12.4. The summed E-state index contributed by atoms with van der Waals surface area (Å²) in [6.45, 7) is 0.535. The Morgan fingerprint density at radius 2 is 1.88 bits per heavy atom. The summed E-state index contributed by atoms with van der Waals surface area (Å²) in [4.78, 5) is 1.27. The molecule has 0 bridgehead atoms. The third-order valence-electron chi connectivity index (χ3n) is 4.20. The fourth-order valence-corrected chi connectivity index (χ4v) is 8.50. The van der Waals surface area contributed by atoms with Crippen molar-refractivity contribution in [1.29, 1.82) is 0 Å². The van der Waals surface area contributed by atoms with Gasteiger partial charge in [-0.15, -0.1) is 11.3 Å². The van der Waals surface area contributed by atoms with Crippen LogP contribution >= 0.6 is 22.9 Å². The summed E-state index contributed by atoms with van der Waals surface area (Å²) in [5.74, 6) is -0.510. The van der Waals surface area contributed by atoms with Gasteiger partial charge in [-0.2, -0.15) is 0 Å². The molecule has 2 heterocycles. The normalized spacial score (nSPS) is 22.9. The molecule has 1 aromatic carbocycles. The first-order valence-electron chi connectivity index (χ1n) is 7.73. The Kier molecular flexibility index (Phi) is 5.55. The standard InChI is InChI=1S/C16H18ClNO4S3/c17-12-3-5-14(6-4-12)25(21,22)16-11-24(19,20)10-15(16)18-8-7-13-2-1-9-23-13/h1-6,9,15-16,18H,7-8,10-11H2. The molecule has 0 radical (unpaired) electrons. The summed E-state index contributed by atoms with van der Waals surface area (Å²) < 4.78 is 49.9. The van der Waals surface area contributed by atoms with E-state index in [2.05, 4.69) is 5.32 Å². The van der Waals surface area contributed by atoms with Gasteiger partial charge in [0.15, 0.2) is 19.7 Å². The fraction of sp³-hybridized carbons (Fsp3) is 0.375. The fourth-order valence-electron chi connectivity index (χ4n) is 2.95. The van der Waals surface area contributed by atoms with E-state index in [1.165, 1.54) is 29.1 Å². The molecule has 9 heteroatoms. The van der Waals surface area contributed by atoms with Crippen molar-refractivity contribution in [1.82, 2.24) is 5.32 Å². The molecular formula is C16H18ClNO4S3. The quantitative estimate of drug-likeness (QED) is 0.776. The van der Waals surface area contributed by atoms with Gasteiger partial charge in [0, 0.05) is 22.5 Å². The van der Waals surface area contributed by atoms with Crippen LogP contribution in [0.1, 0.15) is 4.88 Å². The number of benzene rings is 1. The van der Waals surface area contributed by atoms with Crippen molar-refractivity contribution in [2.45, 2.75) is 22.6 Å². The zero-order valence-electron chi connectivity index (χ0n) is 13.3. The van der Waals surface area contributed by atoms with E-state index in [0.717, 1.165) is 6.42 Å². The van der Waals surface area contributed by atoms with E-state index in [1.54, 1.807) is 11.3 Å². The molecule has 2 aromatic rings. The average Bonchev–Trinajstić information content (AvgIpc) is 3.15. The molecule has 2 atom stereocenters.